The number of hydrogen-bond donors (Lipinski definition) is 0. The van der Waals surface area contributed by atoms with Crippen LogP contribution in [0.4, 0.5) is 0 Å². The van der Waals surface area contributed by atoms with Gasteiger partial charge in [-0.25, -0.2) is 9.97 Å². The highest BCUT2D eigenvalue weighted by Gasteiger charge is 2.15. The number of furan rings is 1. The number of nitrogens with zero attached hydrogens (tertiary/aromatic N) is 2. The predicted molar refractivity (Wildman–Crippen MR) is 202 cm³/mol. The van der Waals surface area contributed by atoms with Crippen LogP contribution in [0.15, 0.2) is 186 Å². The first kappa shape index (κ1) is 28.6. The summed E-state index contributed by atoms with van der Waals surface area (Å²) >= 11 is 0. The maximum Gasteiger partial charge on any atom is 0.160 e. The lowest BCUT2D eigenvalue weighted by molar-refractivity contribution is 0.669. The summed E-state index contributed by atoms with van der Waals surface area (Å²) in [6, 6.07) is 63.4. The molecule has 0 radical (unpaired) electrons. The van der Waals surface area contributed by atoms with Crippen LogP contribution in [-0.2, 0) is 0 Å². The lowest BCUT2D eigenvalue weighted by Crippen LogP contribution is -1.96. The van der Waals surface area contributed by atoms with Gasteiger partial charge < -0.3 is 4.42 Å². The molecule has 2 aromatic heterocycles. The maximum atomic E-state index is 6.25. The highest BCUT2D eigenvalue weighted by Crippen LogP contribution is 2.36. The molecule has 9 rings (SSSR count). The number of rotatable bonds is 6. The Bertz CT molecular complexity index is 2570. The molecule has 0 fully saturated rings. The molecule has 0 amide bonds. The summed E-state index contributed by atoms with van der Waals surface area (Å²) in [5.41, 5.74) is 13.3. The van der Waals surface area contributed by atoms with Gasteiger partial charge in [-0.2, -0.15) is 0 Å². The van der Waals surface area contributed by atoms with Gasteiger partial charge in [-0.15, -0.1) is 0 Å². The average Bonchev–Trinajstić information content (AvgIpc) is 3.57. The Kier molecular flexibility index (Phi) is 7.14. The zero-order chi connectivity index (χ0) is 32.6. The zero-order valence-electron chi connectivity index (χ0n) is 26.6. The van der Waals surface area contributed by atoms with Crippen LogP contribution in [0.2, 0.25) is 0 Å². The van der Waals surface area contributed by atoms with Crippen LogP contribution in [0.5, 0.6) is 0 Å². The highest BCUT2D eigenvalue weighted by molar-refractivity contribution is 6.05. The summed E-state index contributed by atoms with van der Waals surface area (Å²) in [6.07, 6.45) is 0. The van der Waals surface area contributed by atoms with Gasteiger partial charge in [-0.1, -0.05) is 140 Å². The molecule has 7 aromatic carbocycles. The number of hydrogen-bond acceptors (Lipinski definition) is 3. The molecule has 0 aliphatic rings. The Morgan fingerprint density at radius 1 is 0.286 bits per heavy atom. The summed E-state index contributed by atoms with van der Waals surface area (Å²) in [7, 11) is 0. The first-order valence-corrected chi connectivity index (χ1v) is 16.5. The average molecular weight is 627 g/mol. The van der Waals surface area contributed by atoms with Crippen molar-refractivity contribution < 1.29 is 4.42 Å². The molecule has 3 heteroatoms. The van der Waals surface area contributed by atoms with Gasteiger partial charge in [0.1, 0.15) is 11.2 Å². The first-order valence-electron chi connectivity index (χ1n) is 16.5. The van der Waals surface area contributed by atoms with Crippen molar-refractivity contribution in [1.29, 1.82) is 0 Å². The van der Waals surface area contributed by atoms with Crippen molar-refractivity contribution in [3.05, 3.63) is 182 Å². The molecule has 0 bridgehead atoms. The number of para-hydroxylation sites is 1. The zero-order valence-corrected chi connectivity index (χ0v) is 26.6. The minimum Gasteiger partial charge on any atom is -0.456 e. The normalized spacial score (nSPS) is 11.3. The van der Waals surface area contributed by atoms with E-state index in [-0.39, 0.29) is 0 Å². The fourth-order valence-corrected chi connectivity index (χ4v) is 6.57. The van der Waals surface area contributed by atoms with E-state index in [9.17, 15) is 0 Å². The number of benzene rings is 7. The Labute approximate surface area is 284 Å². The standard InChI is InChI=1S/C46H30N2O/c1-4-12-31(13-5-1)33-20-22-34(23-21-33)38-26-37(32-14-6-2-7-15-32)27-39(28-38)43-30-42(35-16-8-3-9-17-35)47-46(48-43)36-24-25-41-40-18-10-11-19-44(40)49-45(41)29-36/h1-30H. The van der Waals surface area contributed by atoms with Gasteiger partial charge >= 0.3 is 0 Å². The van der Waals surface area contributed by atoms with Gasteiger partial charge in [0.15, 0.2) is 5.82 Å². The van der Waals surface area contributed by atoms with Crippen LogP contribution in [0, 0.1) is 0 Å². The van der Waals surface area contributed by atoms with Crippen LogP contribution < -0.4 is 0 Å². The topological polar surface area (TPSA) is 38.9 Å². The first-order chi connectivity index (χ1) is 24.2. The highest BCUT2D eigenvalue weighted by atomic mass is 16.3. The molecule has 230 valence electrons. The molecule has 9 aromatic rings. The molecule has 0 N–H and O–H groups in total. The molecule has 0 saturated heterocycles. The SMILES string of the molecule is c1ccc(-c2ccc(-c3cc(-c4ccccc4)cc(-c4cc(-c5ccccc5)nc(-c5ccc6c(c5)oc5ccccc56)n4)c3)cc2)cc1. The maximum absolute atomic E-state index is 6.25. The monoisotopic (exact) mass is 626 g/mol. The van der Waals surface area contributed by atoms with Crippen molar-refractivity contribution in [1.82, 2.24) is 9.97 Å². The smallest absolute Gasteiger partial charge is 0.160 e. The fourth-order valence-electron chi connectivity index (χ4n) is 6.57. The van der Waals surface area contributed by atoms with E-state index in [1.165, 1.54) is 11.1 Å². The van der Waals surface area contributed by atoms with Crippen LogP contribution in [0.3, 0.4) is 0 Å². The van der Waals surface area contributed by atoms with E-state index in [1.54, 1.807) is 0 Å². The van der Waals surface area contributed by atoms with Crippen LogP contribution in [0.1, 0.15) is 0 Å². The van der Waals surface area contributed by atoms with E-state index >= 15 is 0 Å². The number of aromatic nitrogens is 2. The molecule has 0 saturated carbocycles. The minimum absolute atomic E-state index is 0.651. The van der Waals surface area contributed by atoms with Crippen molar-refractivity contribution in [2.75, 3.05) is 0 Å². The van der Waals surface area contributed by atoms with E-state index < -0.39 is 0 Å². The Balaban J connectivity index is 1.21. The van der Waals surface area contributed by atoms with E-state index in [4.69, 9.17) is 14.4 Å². The van der Waals surface area contributed by atoms with Gasteiger partial charge in [0.25, 0.3) is 0 Å². The summed E-state index contributed by atoms with van der Waals surface area (Å²) in [4.78, 5) is 10.3. The number of fused-ring (bicyclic) bond motifs is 3. The Hall–Kier alpha value is -6.58. The van der Waals surface area contributed by atoms with Gasteiger partial charge in [0.2, 0.25) is 0 Å². The van der Waals surface area contributed by atoms with Crippen LogP contribution in [-0.4, -0.2) is 9.97 Å². The van der Waals surface area contributed by atoms with Gasteiger partial charge in [-0.05, 0) is 75.8 Å². The third-order valence-electron chi connectivity index (χ3n) is 9.09. The van der Waals surface area contributed by atoms with Crippen molar-refractivity contribution in [2.45, 2.75) is 0 Å². The molecule has 0 aliphatic carbocycles. The quantitative estimate of drug-likeness (QED) is 0.184. The van der Waals surface area contributed by atoms with Crippen molar-refractivity contribution >= 4 is 21.9 Å². The van der Waals surface area contributed by atoms with Gasteiger partial charge in [0.05, 0.1) is 11.4 Å². The fraction of sp³-hybridized carbons (Fsp3) is 0. The molecule has 0 unspecified atom stereocenters. The summed E-state index contributed by atoms with van der Waals surface area (Å²) in [5.74, 6) is 0.651. The molecule has 49 heavy (non-hydrogen) atoms. The second-order valence-electron chi connectivity index (χ2n) is 12.2. The summed E-state index contributed by atoms with van der Waals surface area (Å²) in [6.45, 7) is 0. The lowest BCUT2D eigenvalue weighted by atomic mass is 9.93. The van der Waals surface area contributed by atoms with Crippen molar-refractivity contribution in [3.63, 3.8) is 0 Å². The van der Waals surface area contributed by atoms with E-state index in [2.05, 4.69) is 140 Å². The molecular weight excluding hydrogens is 597 g/mol. The molecule has 2 heterocycles. The van der Waals surface area contributed by atoms with Crippen LogP contribution in [0.25, 0.3) is 89.2 Å². The van der Waals surface area contributed by atoms with Crippen molar-refractivity contribution in [2.24, 2.45) is 0 Å². The molecular formula is C46H30N2O. The minimum atomic E-state index is 0.651. The predicted octanol–water partition coefficient (Wildman–Crippen LogP) is 12.4. The van der Waals surface area contributed by atoms with E-state index in [1.807, 2.05) is 42.5 Å². The van der Waals surface area contributed by atoms with Crippen molar-refractivity contribution in [3.8, 4) is 67.3 Å². The van der Waals surface area contributed by atoms with Gasteiger partial charge in [0, 0.05) is 27.5 Å². The Morgan fingerprint density at radius 2 is 0.735 bits per heavy atom. The Morgan fingerprint density at radius 3 is 1.39 bits per heavy atom. The second kappa shape index (κ2) is 12.2. The molecule has 0 aliphatic heterocycles. The third kappa shape index (κ3) is 5.58. The van der Waals surface area contributed by atoms with E-state index in [0.29, 0.717) is 5.82 Å². The largest absolute Gasteiger partial charge is 0.456 e. The molecule has 3 nitrogen and oxygen atoms in total. The van der Waals surface area contributed by atoms with E-state index in [0.717, 1.165) is 72.3 Å². The van der Waals surface area contributed by atoms with Crippen LogP contribution >= 0.6 is 0 Å². The second-order valence-corrected chi connectivity index (χ2v) is 12.2. The molecule has 0 atom stereocenters. The third-order valence-corrected chi connectivity index (χ3v) is 9.09. The lowest BCUT2D eigenvalue weighted by Gasteiger charge is -2.13. The van der Waals surface area contributed by atoms with Gasteiger partial charge in [-0.3, -0.25) is 0 Å². The summed E-state index contributed by atoms with van der Waals surface area (Å²) < 4.78 is 6.25. The molecule has 0 spiro atoms. The summed E-state index contributed by atoms with van der Waals surface area (Å²) in [5, 5.41) is 2.18.